The molecule has 3 rings (SSSR count). The third-order valence-electron chi connectivity index (χ3n) is 5.11. The molecule has 4 unspecified atom stereocenters. The lowest BCUT2D eigenvalue weighted by Gasteiger charge is -2.43. The third-order valence-corrected chi connectivity index (χ3v) is 5.11. The summed E-state index contributed by atoms with van der Waals surface area (Å²) in [6, 6.07) is 9.69. The lowest BCUT2D eigenvalue weighted by Crippen LogP contribution is -2.59. The van der Waals surface area contributed by atoms with Crippen molar-refractivity contribution in [3.8, 4) is 5.75 Å². The lowest BCUT2D eigenvalue weighted by molar-refractivity contribution is 0.0576. The Balaban J connectivity index is 1.65. The van der Waals surface area contributed by atoms with Gasteiger partial charge in [-0.25, -0.2) is 0 Å². The normalized spacial score (nSPS) is 30.7. The average molecular weight is 288 g/mol. The minimum absolute atomic E-state index is 0.319. The molecule has 2 heterocycles. The Kier molecular flexibility index (Phi) is 4.51. The van der Waals surface area contributed by atoms with E-state index >= 15 is 0 Å². The second kappa shape index (κ2) is 6.37. The van der Waals surface area contributed by atoms with Gasteiger partial charge in [-0.05, 0) is 24.5 Å². The van der Waals surface area contributed by atoms with Crippen molar-refractivity contribution >= 4 is 0 Å². The van der Waals surface area contributed by atoms with Gasteiger partial charge < -0.3 is 10.1 Å². The van der Waals surface area contributed by atoms with Crippen molar-refractivity contribution in [1.29, 1.82) is 0 Å². The lowest BCUT2D eigenvalue weighted by atomic mass is 9.94. The molecule has 3 heteroatoms. The van der Waals surface area contributed by atoms with E-state index in [1.54, 1.807) is 0 Å². The number of hydrogen-bond acceptors (Lipinski definition) is 3. The zero-order chi connectivity index (χ0) is 14.8. The summed E-state index contributed by atoms with van der Waals surface area (Å²) in [6.45, 7) is 10.2. The highest BCUT2D eigenvalue weighted by Crippen LogP contribution is 2.29. The van der Waals surface area contributed by atoms with Gasteiger partial charge in [-0.15, -0.1) is 0 Å². The zero-order valence-electron chi connectivity index (χ0n) is 13.5. The van der Waals surface area contributed by atoms with E-state index in [4.69, 9.17) is 4.74 Å². The van der Waals surface area contributed by atoms with Crippen LogP contribution in [-0.2, 0) is 6.42 Å². The first-order valence-electron chi connectivity index (χ1n) is 8.39. The maximum atomic E-state index is 6.14. The molecule has 116 valence electrons. The van der Waals surface area contributed by atoms with Crippen molar-refractivity contribution < 1.29 is 4.74 Å². The summed E-state index contributed by atoms with van der Waals surface area (Å²) in [5.74, 6) is 1.82. The molecule has 0 bridgehead atoms. The Morgan fingerprint density at radius 1 is 1.38 bits per heavy atom. The number of para-hydroxylation sites is 1. The summed E-state index contributed by atoms with van der Waals surface area (Å²) in [5.41, 5.74) is 1.37. The number of nitrogens with zero attached hydrogens (tertiary/aromatic N) is 1. The summed E-state index contributed by atoms with van der Waals surface area (Å²) in [4.78, 5) is 2.66. The number of fused-ring (bicyclic) bond motifs is 1. The maximum absolute atomic E-state index is 6.14. The number of hydrogen-bond donors (Lipinski definition) is 1. The van der Waals surface area contributed by atoms with E-state index in [1.807, 2.05) is 0 Å². The molecular weight excluding hydrogens is 260 g/mol. The highest BCUT2D eigenvalue weighted by Gasteiger charge is 2.33. The second-order valence-corrected chi connectivity index (χ2v) is 6.77. The van der Waals surface area contributed by atoms with Gasteiger partial charge in [-0.2, -0.15) is 0 Å². The van der Waals surface area contributed by atoms with Crippen molar-refractivity contribution in [1.82, 2.24) is 10.2 Å². The minimum atomic E-state index is 0.319. The highest BCUT2D eigenvalue weighted by molar-refractivity contribution is 5.37. The molecule has 0 aromatic heterocycles. The van der Waals surface area contributed by atoms with E-state index in [2.05, 4.69) is 55.3 Å². The van der Waals surface area contributed by atoms with E-state index in [9.17, 15) is 0 Å². The summed E-state index contributed by atoms with van der Waals surface area (Å²) in [6.07, 6.45) is 2.62. The van der Waals surface area contributed by atoms with E-state index in [1.165, 1.54) is 12.0 Å². The van der Waals surface area contributed by atoms with Crippen molar-refractivity contribution in [2.45, 2.75) is 51.8 Å². The zero-order valence-corrected chi connectivity index (χ0v) is 13.5. The molecule has 2 aliphatic rings. The van der Waals surface area contributed by atoms with Gasteiger partial charge >= 0.3 is 0 Å². The molecule has 0 spiro atoms. The van der Waals surface area contributed by atoms with Crippen molar-refractivity contribution in [2.75, 3.05) is 19.6 Å². The topological polar surface area (TPSA) is 24.5 Å². The number of piperazine rings is 1. The quantitative estimate of drug-likeness (QED) is 0.922. The molecule has 1 N–H and O–H groups in total. The Labute approximate surface area is 128 Å². The van der Waals surface area contributed by atoms with Crippen LogP contribution in [0.4, 0.5) is 0 Å². The van der Waals surface area contributed by atoms with E-state index in [-0.39, 0.29) is 0 Å². The van der Waals surface area contributed by atoms with Gasteiger partial charge in [0.1, 0.15) is 11.9 Å². The van der Waals surface area contributed by atoms with Crippen molar-refractivity contribution in [3.63, 3.8) is 0 Å². The van der Waals surface area contributed by atoms with Crippen molar-refractivity contribution in [3.05, 3.63) is 29.8 Å². The fourth-order valence-corrected chi connectivity index (χ4v) is 3.66. The van der Waals surface area contributed by atoms with Gasteiger partial charge in [0.05, 0.1) is 0 Å². The molecule has 4 atom stereocenters. The van der Waals surface area contributed by atoms with Gasteiger partial charge in [-0.3, -0.25) is 4.90 Å². The van der Waals surface area contributed by atoms with E-state index < -0.39 is 0 Å². The third kappa shape index (κ3) is 3.24. The number of ether oxygens (including phenoxy) is 1. The predicted molar refractivity (Wildman–Crippen MR) is 86.8 cm³/mol. The van der Waals surface area contributed by atoms with Crippen LogP contribution in [0.1, 0.15) is 32.8 Å². The van der Waals surface area contributed by atoms with Crippen LogP contribution in [0.3, 0.4) is 0 Å². The molecule has 1 aromatic rings. The molecule has 0 amide bonds. The van der Waals surface area contributed by atoms with Crippen LogP contribution in [0.25, 0.3) is 0 Å². The van der Waals surface area contributed by atoms with Crippen LogP contribution in [-0.4, -0.2) is 42.7 Å². The van der Waals surface area contributed by atoms with E-state index in [0.29, 0.717) is 18.2 Å². The summed E-state index contributed by atoms with van der Waals surface area (Å²) in [7, 11) is 0. The Morgan fingerprint density at radius 2 is 2.19 bits per heavy atom. The van der Waals surface area contributed by atoms with Gasteiger partial charge in [0.15, 0.2) is 0 Å². The summed E-state index contributed by atoms with van der Waals surface area (Å²) >= 11 is 0. The van der Waals surface area contributed by atoms with Gasteiger partial charge in [-0.1, -0.05) is 38.5 Å². The van der Waals surface area contributed by atoms with Crippen LogP contribution in [0, 0.1) is 5.92 Å². The Bertz CT molecular complexity index is 451. The van der Waals surface area contributed by atoms with Crippen LogP contribution in [0.2, 0.25) is 0 Å². The molecule has 0 saturated carbocycles. The molecule has 1 saturated heterocycles. The Hall–Kier alpha value is -1.06. The Morgan fingerprint density at radius 3 is 2.95 bits per heavy atom. The van der Waals surface area contributed by atoms with Gasteiger partial charge in [0, 0.05) is 38.1 Å². The van der Waals surface area contributed by atoms with Crippen LogP contribution in [0.5, 0.6) is 5.75 Å². The highest BCUT2D eigenvalue weighted by atomic mass is 16.5. The average Bonchev–Trinajstić information content (AvgIpc) is 2.89. The standard InChI is InChI=1S/C18H28N2O/c1-4-13(2)17-10-19-14(3)11-20(17)12-16-9-15-7-5-6-8-18(15)21-16/h5-8,13-14,16-17,19H,4,9-12H2,1-3H3. The van der Waals surface area contributed by atoms with Gasteiger partial charge in [0.25, 0.3) is 0 Å². The van der Waals surface area contributed by atoms with Crippen LogP contribution < -0.4 is 10.1 Å². The smallest absolute Gasteiger partial charge is 0.123 e. The van der Waals surface area contributed by atoms with Crippen LogP contribution >= 0.6 is 0 Å². The van der Waals surface area contributed by atoms with Gasteiger partial charge in [0.2, 0.25) is 0 Å². The number of rotatable bonds is 4. The predicted octanol–water partition coefficient (Wildman–Crippen LogP) is 2.70. The summed E-state index contributed by atoms with van der Waals surface area (Å²) < 4.78 is 6.14. The molecule has 3 nitrogen and oxygen atoms in total. The van der Waals surface area contributed by atoms with E-state index in [0.717, 1.165) is 37.7 Å². The molecule has 1 aromatic carbocycles. The fourth-order valence-electron chi connectivity index (χ4n) is 3.66. The first-order chi connectivity index (χ1) is 10.2. The fraction of sp³-hybridized carbons (Fsp3) is 0.667. The molecule has 0 radical (unpaired) electrons. The molecule has 21 heavy (non-hydrogen) atoms. The van der Waals surface area contributed by atoms with Crippen molar-refractivity contribution in [2.24, 2.45) is 5.92 Å². The molecule has 0 aliphatic carbocycles. The molecule has 2 aliphatic heterocycles. The molecule has 1 fully saturated rings. The molecular formula is C18H28N2O. The largest absolute Gasteiger partial charge is 0.488 e. The SMILES string of the molecule is CCC(C)C1CNC(C)CN1CC1Cc2ccccc2O1. The number of nitrogens with one attached hydrogen (secondary N) is 1. The first kappa shape index (κ1) is 14.9. The number of benzene rings is 1. The monoisotopic (exact) mass is 288 g/mol. The minimum Gasteiger partial charge on any atom is -0.488 e. The summed E-state index contributed by atoms with van der Waals surface area (Å²) in [5, 5.41) is 3.64. The maximum Gasteiger partial charge on any atom is 0.123 e. The second-order valence-electron chi connectivity index (χ2n) is 6.77. The van der Waals surface area contributed by atoms with Crippen LogP contribution in [0.15, 0.2) is 24.3 Å². The first-order valence-corrected chi connectivity index (χ1v) is 8.39.